The highest BCUT2D eigenvalue weighted by molar-refractivity contribution is 7.93. The van der Waals surface area contributed by atoms with Crippen molar-refractivity contribution >= 4 is 31.4 Å². The summed E-state index contributed by atoms with van der Waals surface area (Å²) in [5, 5.41) is 7.05. The number of sulfonamides is 2. The molecule has 0 saturated carbocycles. The van der Waals surface area contributed by atoms with Crippen LogP contribution in [0.5, 0.6) is 5.75 Å². The molecule has 2 aliphatic heterocycles. The van der Waals surface area contributed by atoms with Crippen LogP contribution in [0, 0.1) is 6.92 Å². The minimum Gasteiger partial charge on any atom is -0.494 e. The van der Waals surface area contributed by atoms with Gasteiger partial charge in [0, 0.05) is 47.1 Å². The summed E-state index contributed by atoms with van der Waals surface area (Å²) in [6.07, 6.45) is 1.71. The summed E-state index contributed by atoms with van der Waals surface area (Å²) in [7, 11) is -2.40. The summed E-state index contributed by atoms with van der Waals surface area (Å²) in [5.74, 6) is 0.553. The Bertz CT molecular complexity index is 2080. The average Bonchev–Trinajstić information content (AvgIpc) is 3.27. The predicted octanol–water partition coefficient (Wildman–Crippen LogP) is 6.18. The number of fused-ring (bicyclic) bond motifs is 4. The average molecular weight is 765 g/mol. The van der Waals surface area contributed by atoms with Gasteiger partial charge in [-0.25, -0.2) is 16.8 Å². The molecule has 0 aromatic heterocycles. The number of aryl methyl sites for hydroxylation is 1. The van der Waals surface area contributed by atoms with Crippen LogP contribution in [0.15, 0.2) is 94.7 Å². The fourth-order valence-electron chi connectivity index (χ4n) is 6.73. The van der Waals surface area contributed by atoms with E-state index in [1.807, 2.05) is 93.6 Å². The van der Waals surface area contributed by atoms with Crippen LogP contribution in [0.1, 0.15) is 66.6 Å². The SMILES string of the molecule is CCOCCCNC1c2ccccc2N(C)S(=O)(=O)c2cc(C)ccc21.CCOc1ccc2c(c1)S(=O)(=O)N(C)c1ccccc1C2NCCCOC. The Morgan fingerprint density at radius 3 is 1.68 bits per heavy atom. The number of rotatable bonds is 13. The first-order valence-corrected chi connectivity index (χ1v) is 20.9. The third kappa shape index (κ3) is 8.72. The van der Waals surface area contributed by atoms with Crippen LogP contribution in [0.2, 0.25) is 0 Å². The summed E-state index contributed by atoms with van der Waals surface area (Å²) in [6.45, 7) is 9.76. The minimum atomic E-state index is -3.69. The zero-order valence-corrected chi connectivity index (χ0v) is 33.1. The van der Waals surface area contributed by atoms with Gasteiger partial charge in [-0.3, -0.25) is 8.61 Å². The molecule has 2 N–H and O–H groups in total. The van der Waals surface area contributed by atoms with E-state index < -0.39 is 20.0 Å². The second-order valence-corrected chi connectivity index (χ2v) is 16.8. The molecule has 13 heteroatoms. The second kappa shape index (κ2) is 17.9. The van der Waals surface area contributed by atoms with Crippen molar-refractivity contribution in [3.8, 4) is 5.75 Å². The highest BCUT2D eigenvalue weighted by Gasteiger charge is 2.36. The molecular formula is C40H52N4O7S2. The molecule has 0 aliphatic carbocycles. The van der Waals surface area contributed by atoms with Gasteiger partial charge in [0.1, 0.15) is 5.75 Å². The Labute approximate surface area is 315 Å². The van der Waals surface area contributed by atoms with Crippen molar-refractivity contribution in [1.82, 2.24) is 10.6 Å². The third-order valence-electron chi connectivity index (χ3n) is 9.43. The Morgan fingerprint density at radius 1 is 0.642 bits per heavy atom. The van der Waals surface area contributed by atoms with E-state index in [2.05, 4.69) is 10.6 Å². The Morgan fingerprint density at radius 2 is 1.15 bits per heavy atom. The highest BCUT2D eigenvalue weighted by atomic mass is 32.2. The van der Waals surface area contributed by atoms with Gasteiger partial charge in [-0.05, 0) is 98.8 Å². The van der Waals surface area contributed by atoms with Gasteiger partial charge < -0.3 is 24.8 Å². The first-order chi connectivity index (χ1) is 25.5. The topological polar surface area (TPSA) is 127 Å². The van der Waals surface area contributed by atoms with Crippen LogP contribution < -0.4 is 24.0 Å². The number of anilines is 2. The maximum Gasteiger partial charge on any atom is 0.264 e. The molecule has 286 valence electrons. The summed E-state index contributed by atoms with van der Waals surface area (Å²) in [6, 6.07) is 25.8. The lowest BCUT2D eigenvalue weighted by Gasteiger charge is -2.22. The highest BCUT2D eigenvalue weighted by Crippen LogP contribution is 2.42. The summed E-state index contributed by atoms with van der Waals surface area (Å²) in [5.41, 5.74) is 5.75. The molecule has 0 fully saturated rings. The van der Waals surface area contributed by atoms with Crippen molar-refractivity contribution < 1.29 is 31.0 Å². The molecule has 6 rings (SSSR count). The van der Waals surface area contributed by atoms with Gasteiger partial charge in [0.15, 0.2) is 0 Å². The molecule has 0 amide bonds. The van der Waals surface area contributed by atoms with Crippen molar-refractivity contribution in [3.63, 3.8) is 0 Å². The predicted molar refractivity (Wildman–Crippen MR) is 210 cm³/mol. The van der Waals surface area contributed by atoms with E-state index in [1.165, 1.54) is 8.61 Å². The molecule has 2 unspecified atom stereocenters. The van der Waals surface area contributed by atoms with Crippen molar-refractivity contribution in [2.75, 3.05) is 69.3 Å². The second-order valence-electron chi connectivity index (χ2n) is 12.9. The van der Waals surface area contributed by atoms with E-state index >= 15 is 0 Å². The van der Waals surface area contributed by atoms with Gasteiger partial charge in [-0.2, -0.15) is 0 Å². The van der Waals surface area contributed by atoms with Crippen LogP contribution in [-0.2, 0) is 29.5 Å². The third-order valence-corrected chi connectivity index (χ3v) is 13.1. The lowest BCUT2D eigenvalue weighted by Crippen LogP contribution is -2.26. The molecule has 53 heavy (non-hydrogen) atoms. The molecule has 2 aliphatic rings. The minimum absolute atomic E-state index is 0.178. The summed E-state index contributed by atoms with van der Waals surface area (Å²) < 4.78 is 71.8. The molecule has 4 aromatic rings. The maximum absolute atomic E-state index is 13.3. The molecule has 11 nitrogen and oxygen atoms in total. The summed E-state index contributed by atoms with van der Waals surface area (Å²) in [4.78, 5) is 0.648. The van der Waals surface area contributed by atoms with Crippen LogP contribution in [-0.4, -0.2) is 77.6 Å². The Hall–Kier alpha value is -3.98. The van der Waals surface area contributed by atoms with Gasteiger partial charge in [0.05, 0.1) is 39.9 Å². The van der Waals surface area contributed by atoms with E-state index in [0.717, 1.165) is 47.2 Å². The number of hydrogen-bond acceptors (Lipinski definition) is 9. The van der Waals surface area contributed by atoms with E-state index in [4.69, 9.17) is 14.2 Å². The maximum atomic E-state index is 13.3. The molecule has 0 saturated heterocycles. The fourth-order valence-corrected chi connectivity index (χ4v) is 9.74. The number of methoxy groups -OCH3 is 1. The fraction of sp³-hybridized carbons (Fsp3) is 0.400. The number of para-hydroxylation sites is 2. The van der Waals surface area contributed by atoms with E-state index in [0.29, 0.717) is 55.0 Å². The smallest absolute Gasteiger partial charge is 0.264 e. The first-order valence-electron chi connectivity index (χ1n) is 18.0. The number of nitrogens with zero attached hydrogens (tertiary/aromatic N) is 2. The zero-order chi connectivity index (χ0) is 38.2. The van der Waals surface area contributed by atoms with Gasteiger partial charge in [0.2, 0.25) is 0 Å². The normalized spacial score (nSPS) is 17.9. The molecule has 0 radical (unpaired) electrons. The standard InChI is InChI=1S/C20H26N2O4S.C20H26N2O3S/c1-4-26-15-10-11-17-19(14-15)27(23,24)22(2)18-9-6-5-8-16(18)20(17)21-12-7-13-25-3;1-4-25-13-7-12-21-20-16-8-5-6-9-18(16)22(3)26(23,24)19-14-15(2)10-11-17(19)20/h5-6,8-11,14,20-21H,4,7,12-13H2,1-3H3;5-6,8-11,14,20-21H,4,7,12-13H2,1-3H3. The van der Waals surface area contributed by atoms with Gasteiger partial charge in [-0.1, -0.05) is 54.6 Å². The number of hydrogen-bond donors (Lipinski definition) is 2. The number of ether oxygens (including phenoxy) is 3. The van der Waals surface area contributed by atoms with E-state index in [1.54, 1.807) is 33.3 Å². The van der Waals surface area contributed by atoms with Gasteiger partial charge >= 0.3 is 0 Å². The number of benzene rings is 4. The molecule has 0 spiro atoms. The zero-order valence-electron chi connectivity index (χ0n) is 31.5. The quantitative estimate of drug-likeness (QED) is 0.154. The van der Waals surface area contributed by atoms with E-state index in [-0.39, 0.29) is 17.0 Å². The largest absolute Gasteiger partial charge is 0.494 e. The van der Waals surface area contributed by atoms with Crippen molar-refractivity contribution in [2.24, 2.45) is 0 Å². The molecule has 2 heterocycles. The molecule has 4 aromatic carbocycles. The van der Waals surface area contributed by atoms with Crippen molar-refractivity contribution in [1.29, 1.82) is 0 Å². The molecule has 2 atom stereocenters. The lowest BCUT2D eigenvalue weighted by atomic mass is 9.96. The molecule has 0 bridgehead atoms. The first kappa shape index (κ1) is 40.2. The van der Waals surface area contributed by atoms with Crippen LogP contribution in [0.4, 0.5) is 11.4 Å². The van der Waals surface area contributed by atoms with Gasteiger partial charge in [0.25, 0.3) is 20.0 Å². The summed E-state index contributed by atoms with van der Waals surface area (Å²) >= 11 is 0. The lowest BCUT2D eigenvalue weighted by molar-refractivity contribution is 0.144. The van der Waals surface area contributed by atoms with Crippen LogP contribution in [0.3, 0.4) is 0 Å². The monoisotopic (exact) mass is 764 g/mol. The van der Waals surface area contributed by atoms with Gasteiger partial charge in [-0.15, -0.1) is 0 Å². The van der Waals surface area contributed by atoms with Crippen LogP contribution >= 0.6 is 0 Å². The Kier molecular flexibility index (Phi) is 13.6. The van der Waals surface area contributed by atoms with Crippen molar-refractivity contribution in [3.05, 3.63) is 113 Å². The van der Waals surface area contributed by atoms with E-state index in [9.17, 15) is 16.8 Å². The van der Waals surface area contributed by atoms with Crippen LogP contribution in [0.25, 0.3) is 0 Å². The number of nitrogens with one attached hydrogen (secondary N) is 2. The molecular weight excluding hydrogens is 713 g/mol. The Balaban J connectivity index is 0.000000204. The van der Waals surface area contributed by atoms with Crippen molar-refractivity contribution in [2.45, 2.75) is 55.5 Å².